The first kappa shape index (κ1) is 15.4. The fourth-order valence-electron chi connectivity index (χ4n) is 2.51. The maximum Gasteiger partial charge on any atom is 0.258 e. The Hall–Kier alpha value is -2.47. The molecule has 1 aromatic carbocycles. The molecule has 1 N–H and O–H groups in total. The Morgan fingerprint density at radius 2 is 1.87 bits per heavy atom. The van der Waals surface area contributed by atoms with Gasteiger partial charge in [-0.25, -0.2) is 9.97 Å². The molecule has 2 aromatic rings. The van der Waals surface area contributed by atoms with Gasteiger partial charge in [0.05, 0.1) is 18.8 Å². The van der Waals surface area contributed by atoms with E-state index in [-0.39, 0.29) is 5.91 Å². The van der Waals surface area contributed by atoms with Gasteiger partial charge in [-0.2, -0.15) is 0 Å². The molecular weight excluding hydrogens is 292 g/mol. The van der Waals surface area contributed by atoms with Crippen molar-refractivity contribution >= 4 is 17.5 Å². The minimum absolute atomic E-state index is 0.203. The van der Waals surface area contributed by atoms with Crippen molar-refractivity contribution in [2.75, 3.05) is 36.5 Å². The lowest BCUT2D eigenvalue weighted by atomic mass is 10.1. The number of nitrogens with zero attached hydrogens (tertiary/aromatic N) is 3. The molecule has 23 heavy (non-hydrogen) atoms. The van der Waals surface area contributed by atoms with Gasteiger partial charge in [0.1, 0.15) is 0 Å². The van der Waals surface area contributed by atoms with Gasteiger partial charge in [0.15, 0.2) is 0 Å². The SMILES string of the molecule is Cc1ccc(NC(=O)c2cnc(N3CCOCC3)nc2)c(C)c1. The van der Waals surface area contributed by atoms with E-state index >= 15 is 0 Å². The second kappa shape index (κ2) is 6.75. The van der Waals surface area contributed by atoms with Crippen LogP contribution in [0.3, 0.4) is 0 Å². The van der Waals surface area contributed by atoms with Crippen LogP contribution in [-0.2, 0) is 4.74 Å². The van der Waals surface area contributed by atoms with Crippen molar-refractivity contribution in [2.24, 2.45) is 0 Å². The second-order valence-corrected chi connectivity index (χ2v) is 5.64. The minimum atomic E-state index is -0.203. The van der Waals surface area contributed by atoms with Gasteiger partial charge in [-0.05, 0) is 25.5 Å². The van der Waals surface area contributed by atoms with E-state index in [9.17, 15) is 4.79 Å². The molecule has 0 radical (unpaired) electrons. The van der Waals surface area contributed by atoms with Gasteiger partial charge in [-0.15, -0.1) is 0 Å². The van der Waals surface area contributed by atoms with Crippen LogP contribution in [-0.4, -0.2) is 42.2 Å². The van der Waals surface area contributed by atoms with Gasteiger partial charge < -0.3 is 15.0 Å². The lowest BCUT2D eigenvalue weighted by Crippen LogP contribution is -2.37. The smallest absolute Gasteiger partial charge is 0.258 e. The first-order valence-corrected chi connectivity index (χ1v) is 7.67. The largest absolute Gasteiger partial charge is 0.378 e. The molecule has 120 valence electrons. The number of ether oxygens (including phenoxy) is 1. The first-order chi connectivity index (χ1) is 11.1. The Bertz CT molecular complexity index is 694. The standard InChI is InChI=1S/C17H20N4O2/c1-12-3-4-15(13(2)9-12)20-16(22)14-10-18-17(19-11-14)21-5-7-23-8-6-21/h3-4,9-11H,5-8H2,1-2H3,(H,20,22). The van der Waals surface area contributed by atoms with Crippen molar-refractivity contribution in [1.29, 1.82) is 0 Å². The maximum atomic E-state index is 12.3. The number of amides is 1. The highest BCUT2D eigenvalue weighted by molar-refractivity contribution is 6.04. The highest BCUT2D eigenvalue weighted by Gasteiger charge is 2.15. The summed E-state index contributed by atoms with van der Waals surface area (Å²) in [6, 6.07) is 5.92. The number of carbonyl (C=O) groups is 1. The van der Waals surface area contributed by atoms with Crippen LogP contribution in [0.15, 0.2) is 30.6 Å². The average molecular weight is 312 g/mol. The van der Waals surface area contributed by atoms with Crippen LogP contribution in [0.25, 0.3) is 0 Å². The summed E-state index contributed by atoms with van der Waals surface area (Å²) < 4.78 is 5.31. The van der Waals surface area contributed by atoms with E-state index < -0.39 is 0 Å². The molecule has 0 saturated carbocycles. The molecule has 6 nitrogen and oxygen atoms in total. The maximum absolute atomic E-state index is 12.3. The number of hydrogen-bond acceptors (Lipinski definition) is 5. The van der Waals surface area contributed by atoms with Crippen LogP contribution in [0, 0.1) is 13.8 Å². The molecule has 1 aliphatic heterocycles. The third-order valence-electron chi connectivity index (χ3n) is 3.82. The van der Waals surface area contributed by atoms with E-state index in [0.29, 0.717) is 24.7 Å². The highest BCUT2D eigenvalue weighted by atomic mass is 16.5. The molecule has 0 unspecified atom stereocenters. The Morgan fingerprint density at radius 1 is 1.17 bits per heavy atom. The number of benzene rings is 1. The molecule has 2 heterocycles. The lowest BCUT2D eigenvalue weighted by molar-refractivity contribution is 0.102. The van der Waals surface area contributed by atoms with Gasteiger partial charge >= 0.3 is 0 Å². The Balaban J connectivity index is 1.69. The van der Waals surface area contributed by atoms with E-state index in [1.165, 1.54) is 5.56 Å². The third-order valence-corrected chi connectivity index (χ3v) is 3.82. The quantitative estimate of drug-likeness (QED) is 0.941. The summed E-state index contributed by atoms with van der Waals surface area (Å²) in [4.78, 5) is 23.0. The number of aromatic nitrogens is 2. The summed E-state index contributed by atoms with van der Waals surface area (Å²) in [6.45, 7) is 6.90. The zero-order valence-electron chi connectivity index (χ0n) is 13.4. The molecule has 0 aliphatic carbocycles. The topological polar surface area (TPSA) is 67.4 Å². The summed E-state index contributed by atoms with van der Waals surface area (Å²) in [7, 11) is 0. The molecule has 0 atom stereocenters. The van der Waals surface area contributed by atoms with Gasteiger partial charge in [0, 0.05) is 31.2 Å². The predicted molar refractivity (Wildman–Crippen MR) is 88.9 cm³/mol. The number of anilines is 2. The average Bonchev–Trinajstić information content (AvgIpc) is 2.58. The zero-order valence-corrected chi connectivity index (χ0v) is 13.4. The summed E-state index contributed by atoms with van der Waals surface area (Å²) in [5.74, 6) is 0.432. The molecule has 6 heteroatoms. The zero-order chi connectivity index (χ0) is 16.2. The van der Waals surface area contributed by atoms with Gasteiger partial charge in [0.25, 0.3) is 5.91 Å². The molecule has 3 rings (SSSR count). The highest BCUT2D eigenvalue weighted by Crippen LogP contribution is 2.17. The first-order valence-electron chi connectivity index (χ1n) is 7.67. The minimum Gasteiger partial charge on any atom is -0.378 e. The van der Waals surface area contributed by atoms with Gasteiger partial charge in [0.2, 0.25) is 5.95 Å². The number of hydrogen-bond donors (Lipinski definition) is 1. The van der Waals surface area contributed by atoms with Crippen LogP contribution in [0.1, 0.15) is 21.5 Å². The fourth-order valence-corrected chi connectivity index (χ4v) is 2.51. The molecule has 1 aromatic heterocycles. The number of morpholine rings is 1. The normalized spacial score (nSPS) is 14.6. The van der Waals surface area contributed by atoms with E-state index in [1.807, 2.05) is 32.0 Å². The van der Waals surface area contributed by atoms with E-state index in [1.54, 1.807) is 12.4 Å². The Kier molecular flexibility index (Phi) is 4.52. The van der Waals surface area contributed by atoms with E-state index in [2.05, 4.69) is 20.2 Å². The molecule has 1 amide bonds. The fraction of sp³-hybridized carbons (Fsp3) is 0.353. The van der Waals surface area contributed by atoms with Crippen molar-refractivity contribution in [3.63, 3.8) is 0 Å². The second-order valence-electron chi connectivity index (χ2n) is 5.64. The van der Waals surface area contributed by atoms with Crippen molar-refractivity contribution in [1.82, 2.24) is 9.97 Å². The van der Waals surface area contributed by atoms with Crippen molar-refractivity contribution in [3.05, 3.63) is 47.3 Å². The molecular formula is C17H20N4O2. The van der Waals surface area contributed by atoms with Crippen LogP contribution in [0.4, 0.5) is 11.6 Å². The number of rotatable bonds is 3. The lowest BCUT2D eigenvalue weighted by Gasteiger charge is -2.26. The van der Waals surface area contributed by atoms with Crippen LogP contribution < -0.4 is 10.2 Å². The summed E-state index contributed by atoms with van der Waals surface area (Å²) >= 11 is 0. The van der Waals surface area contributed by atoms with Crippen LogP contribution in [0.2, 0.25) is 0 Å². The number of nitrogens with one attached hydrogen (secondary N) is 1. The van der Waals surface area contributed by atoms with Crippen molar-refractivity contribution in [2.45, 2.75) is 13.8 Å². The molecule has 1 fully saturated rings. The van der Waals surface area contributed by atoms with E-state index in [0.717, 1.165) is 24.3 Å². The summed E-state index contributed by atoms with van der Waals surface area (Å²) in [6.07, 6.45) is 3.13. The molecule has 0 spiro atoms. The number of aryl methyl sites for hydroxylation is 2. The van der Waals surface area contributed by atoms with Gasteiger partial charge in [-0.3, -0.25) is 4.79 Å². The Morgan fingerprint density at radius 3 is 2.52 bits per heavy atom. The molecule has 1 aliphatic rings. The molecule has 1 saturated heterocycles. The van der Waals surface area contributed by atoms with Crippen molar-refractivity contribution < 1.29 is 9.53 Å². The third kappa shape index (κ3) is 3.65. The monoisotopic (exact) mass is 312 g/mol. The molecule has 0 bridgehead atoms. The van der Waals surface area contributed by atoms with Crippen molar-refractivity contribution in [3.8, 4) is 0 Å². The predicted octanol–water partition coefficient (Wildman–Crippen LogP) is 2.18. The van der Waals surface area contributed by atoms with E-state index in [4.69, 9.17) is 4.74 Å². The Labute approximate surface area is 135 Å². The summed E-state index contributed by atoms with van der Waals surface area (Å²) in [5.41, 5.74) is 3.45. The van der Waals surface area contributed by atoms with Crippen LogP contribution >= 0.6 is 0 Å². The summed E-state index contributed by atoms with van der Waals surface area (Å²) in [5, 5.41) is 2.90. The van der Waals surface area contributed by atoms with Gasteiger partial charge in [-0.1, -0.05) is 17.7 Å². The number of carbonyl (C=O) groups excluding carboxylic acids is 1. The van der Waals surface area contributed by atoms with Crippen LogP contribution in [0.5, 0.6) is 0 Å².